The lowest BCUT2D eigenvalue weighted by molar-refractivity contribution is -0.121. The molecule has 0 saturated heterocycles. The summed E-state index contributed by atoms with van der Waals surface area (Å²) in [5.41, 5.74) is 0.529. The van der Waals surface area contributed by atoms with Crippen LogP contribution in [0, 0.1) is 5.92 Å². The lowest BCUT2D eigenvalue weighted by Crippen LogP contribution is -2.31. The van der Waals surface area contributed by atoms with E-state index in [1.165, 1.54) is 10.9 Å². The zero-order valence-corrected chi connectivity index (χ0v) is 13.5. The Labute approximate surface area is 141 Å². The summed E-state index contributed by atoms with van der Waals surface area (Å²) in [7, 11) is 0. The zero-order valence-electron chi connectivity index (χ0n) is 13.5. The number of aromatic nitrogens is 4. The van der Waals surface area contributed by atoms with Crippen LogP contribution in [0.2, 0.25) is 0 Å². The number of hydrogen-bond donors (Lipinski definition) is 2. The van der Waals surface area contributed by atoms with E-state index in [9.17, 15) is 18.4 Å². The maximum absolute atomic E-state index is 13.1. The second kappa shape index (κ2) is 7.16. The lowest BCUT2D eigenvalue weighted by atomic mass is 9.85. The number of aromatic amines is 1. The molecule has 1 amide bonds. The number of alkyl halides is 2. The Morgan fingerprint density at radius 2 is 2.20 bits per heavy atom. The minimum Gasteiger partial charge on any atom is -0.354 e. The van der Waals surface area contributed by atoms with E-state index in [-0.39, 0.29) is 37.0 Å². The van der Waals surface area contributed by atoms with Gasteiger partial charge in [-0.2, -0.15) is 5.10 Å². The molecule has 3 rings (SSSR count). The number of carbonyl (C=O) groups excluding carboxylic acids is 1. The maximum Gasteiger partial charge on any atom is 0.439 e. The van der Waals surface area contributed by atoms with Crippen LogP contribution in [0.25, 0.3) is 11.4 Å². The van der Waals surface area contributed by atoms with Gasteiger partial charge in [0.15, 0.2) is 5.82 Å². The van der Waals surface area contributed by atoms with Crippen LogP contribution in [-0.4, -0.2) is 38.3 Å². The first kappa shape index (κ1) is 17.3. The summed E-state index contributed by atoms with van der Waals surface area (Å²) in [6, 6.07) is 0. The van der Waals surface area contributed by atoms with Crippen LogP contribution < -0.4 is 11.1 Å². The Hall–Kier alpha value is -2.52. The van der Waals surface area contributed by atoms with E-state index in [1.54, 1.807) is 6.20 Å². The molecule has 8 nitrogen and oxygen atoms in total. The third-order valence-electron chi connectivity index (χ3n) is 4.36. The average Bonchev–Trinajstić information content (AvgIpc) is 3.18. The van der Waals surface area contributed by atoms with E-state index in [1.807, 2.05) is 0 Å². The van der Waals surface area contributed by atoms with Crippen molar-refractivity contribution in [1.82, 2.24) is 25.2 Å². The minimum absolute atomic E-state index is 0.0187. The van der Waals surface area contributed by atoms with Gasteiger partial charge in [-0.25, -0.2) is 13.6 Å². The number of hydrogen-bond acceptors (Lipinski definition) is 5. The second-order valence-corrected chi connectivity index (χ2v) is 6.31. The molecule has 1 fully saturated rings. The van der Waals surface area contributed by atoms with Crippen molar-refractivity contribution >= 4 is 5.91 Å². The van der Waals surface area contributed by atoms with Gasteiger partial charge in [0.05, 0.1) is 11.8 Å². The van der Waals surface area contributed by atoms with Crippen molar-refractivity contribution in [3.63, 3.8) is 0 Å². The van der Waals surface area contributed by atoms with Crippen molar-refractivity contribution in [2.45, 2.75) is 44.6 Å². The summed E-state index contributed by atoms with van der Waals surface area (Å²) in [6.45, 7) is 0.477. The van der Waals surface area contributed by atoms with E-state index >= 15 is 0 Å². The summed E-state index contributed by atoms with van der Waals surface area (Å²) in [4.78, 5) is 25.2. The molecule has 0 aliphatic heterocycles. The monoisotopic (exact) mass is 355 g/mol. The van der Waals surface area contributed by atoms with Crippen LogP contribution in [0.3, 0.4) is 0 Å². The molecule has 0 radical (unpaired) electrons. The van der Waals surface area contributed by atoms with Gasteiger partial charge in [-0.15, -0.1) is 0 Å². The first-order chi connectivity index (χ1) is 11.9. The fourth-order valence-electron chi connectivity index (χ4n) is 2.93. The fourth-order valence-corrected chi connectivity index (χ4v) is 2.93. The first-order valence-corrected chi connectivity index (χ1v) is 8.15. The van der Waals surface area contributed by atoms with Gasteiger partial charge in [-0.05, 0) is 25.2 Å². The molecule has 136 valence electrons. The molecule has 2 aromatic rings. The minimum atomic E-state index is -2.52. The van der Waals surface area contributed by atoms with E-state index in [2.05, 4.69) is 25.1 Å². The predicted molar refractivity (Wildman–Crippen MR) is 82.9 cm³/mol. The van der Waals surface area contributed by atoms with Gasteiger partial charge in [-0.1, -0.05) is 5.16 Å². The molecule has 0 bridgehead atoms. The van der Waals surface area contributed by atoms with Crippen molar-refractivity contribution in [3.8, 4) is 11.4 Å². The molecule has 1 aliphatic rings. The molecule has 25 heavy (non-hydrogen) atoms. The summed E-state index contributed by atoms with van der Waals surface area (Å²) in [5.74, 6) is -2.93. The second-order valence-electron chi connectivity index (χ2n) is 6.31. The Balaban J connectivity index is 1.41. The van der Waals surface area contributed by atoms with Crippen molar-refractivity contribution < 1.29 is 18.1 Å². The number of amides is 1. The van der Waals surface area contributed by atoms with Gasteiger partial charge < -0.3 is 5.32 Å². The Morgan fingerprint density at radius 3 is 2.88 bits per heavy atom. The largest absolute Gasteiger partial charge is 0.439 e. The van der Waals surface area contributed by atoms with Crippen molar-refractivity contribution in [2.24, 2.45) is 5.92 Å². The van der Waals surface area contributed by atoms with Crippen molar-refractivity contribution in [2.75, 3.05) is 6.54 Å². The van der Waals surface area contributed by atoms with Gasteiger partial charge in [0.1, 0.15) is 6.54 Å². The topological polar surface area (TPSA) is 106 Å². The Kier molecular flexibility index (Phi) is 4.95. The zero-order chi connectivity index (χ0) is 17.9. The molecule has 0 unspecified atom stereocenters. The molecule has 2 N–H and O–H groups in total. The normalized spacial score (nSPS) is 17.5. The molecule has 2 heterocycles. The van der Waals surface area contributed by atoms with E-state index in [0.29, 0.717) is 31.4 Å². The first-order valence-electron chi connectivity index (χ1n) is 8.15. The highest BCUT2D eigenvalue weighted by Crippen LogP contribution is 2.37. The van der Waals surface area contributed by atoms with E-state index in [4.69, 9.17) is 0 Å². The third-order valence-corrected chi connectivity index (χ3v) is 4.36. The number of H-pyrrole nitrogens is 1. The summed E-state index contributed by atoms with van der Waals surface area (Å²) in [6.07, 6.45) is 4.60. The standard InChI is InChI=1S/C15H19F2N5O3/c16-15(17)4-1-10(2-5-15)3-6-18-12(23)9-22-8-11(7-19-22)13-20-14(24)25-21-13/h7-8,10H,1-6,9H2,(H,18,23)(H,20,21,24). The Bertz CT molecular complexity index is 772. The highest BCUT2D eigenvalue weighted by Gasteiger charge is 2.34. The smallest absolute Gasteiger partial charge is 0.354 e. The SMILES string of the molecule is O=C(Cn1cc(-c2noc(=O)[nH]2)cn1)NCCC1CCC(F)(F)CC1. The average molecular weight is 355 g/mol. The molecular weight excluding hydrogens is 336 g/mol. The van der Waals surface area contributed by atoms with Gasteiger partial charge in [0.25, 0.3) is 0 Å². The van der Waals surface area contributed by atoms with Crippen LogP contribution in [0.1, 0.15) is 32.1 Å². The van der Waals surface area contributed by atoms with Crippen LogP contribution in [0.5, 0.6) is 0 Å². The van der Waals surface area contributed by atoms with Gasteiger partial charge >= 0.3 is 5.76 Å². The van der Waals surface area contributed by atoms with Crippen LogP contribution in [0.15, 0.2) is 21.7 Å². The molecule has 1 aliphatic carbocycles. The highest BCUT2D eigenvalue weighted by molar-refractivity contribution is 5.75. The van der Waals surface area contributed by atoms with Crippen molar-refractivity contribution in [3.05, 3.63) is 22.9 Å². The third kappa shape index (κ3) is 4.74. The number of carbonyl (C=O) groups is 1. The van der Waals surface area contributed by atoms with Gasteiger partial charge in [-0.3, -0.25) is 19.0 Å². The molecule has 0 spiro atoms. The summed E-state index contributed by atoms with van der Waals surface area (Å²) in [5, 5.41) is 10.3. The summed E-state index contributed by atoms with van der Waals surface area (Å²) >= 11 is 0. The number of halogens is 2. The predicted octanol–water partition coefficient (Wildman–Crippen LogP) is 1.56. The maximum atomic E-state index is 13.1. The van der Waals surface area contributed by atoms with E-state index < -0.39 is 11.7 Å². The summed E-state index contributed by atoms with van der Waals surface area (Å²) < 4.78 is 32.0. The van der Waals surface area contributed by atoms with E-state index in [0.717, 1.165) is 0 Å². The fraction of sp³-hybridized carbons (Fsp3) is 0.600. The number of nitrogens with zero attached hydrogens (tertiary/aromatic N) is 3. The van der Waals surface area contributed by atoms with Crippen molar-refractivity contribution in [1.29, 1.82) is 0 Å². The quantitative estimate of drug-likeness (QED) is 0.818. The van der Waals surface area contributed by atoms with Gasteiger partial charge in [0, 0.05) is 25.6 Å². The van der Waals surface area contributed by atoms with Crippen LogP contribution in [0.4, 0.5) is 8.78 Å². The molecule has 1 saturated carbocycles. The molecule has 0 aromatic carbocycles. The molecule has 10 heteroatoms. The number of nitrogens with one attached hydrogen (secondary N) is 2. The molecule has 2 aromatic heterocycles. The lowest BCUT2D eigenvalue weighted by Gasteiger charge is -2.28. The number of rotatable bonds is 6. The molecular formula is C15H19F2N5O3. The van der Waals surface area contributed by atoms with Gasteiger partial charge in [0.2, 0.25) is 11.8 Å². The Morgan fingerprint density at radius 1 is 1.44 bits per heavy atom. The molecule has 0 atom stereocenters. The van der Waals surface area contributed by atoms with Crippen LogP contribution >= 0.6 is 0 Å². The highest BCUT2D eigenvalue weighted by atomic mass is 19.3. The van der Waals surface area contributed by atoms with Crippen LogP contribution in [-0.2, 0) is 11.3 Å².